The number of benzene rings is 2. The molecule has 0 N–H and O–H groups in total. The van der Waals surface area contributed by atoms with E-state index in [4.69, 9.17) is 0 Å². The first kappa shape index (κ1) is 14.6. The Labute approximate surface area is 146 Å². The van der Waals surface area contributed by atoms with E-state index >= 15 is 0 Å². The Bertz CT molecular complexity index is 947. The molecule has 1 fully saturated rings. The maximum absolute atomic E-state index is 13.7. The second-order valence-corrected chi connectivity index (χ2v) is 7.38. The summed E-state index contributed by atoms with van der Waals surface area (Å²) in [5.41, 5.74) is -0.745. The second kappa shape index (κ2) is 4.45. The molecule has 4 unspecified atom stereocenters. The maximum Gasteiger partial charge on any atom is 0.175 e. The topological polar surface area (TPSA) is 34.1 Å². The third-order valence-electron chi connectivity index (χ3n) is 6.71. The predicted octanol–water partition coefficient (Wildman–Crippen LogP) is 4.77. The van der Waals surface area contributed by atoms with Gasteiger partial charge in [0.25, 0.3) is 0 Å². The highest BCUT2D eigenvalue weighted by molar-refractivity contribution is 6.23. The zero-order chi connectivity index (χ0) is 17.4. The average Bonchev–Trinajstić information content (AvgIpc) is 3.24. The van der Waals surface area contributed by atoms with Crippen LogP contribution in [0.2, 0.25) is 0 Å². The van der Waals surface area contributed by atoms with E-state index in [0.717, 1.165) is 17.2 Å². The third kappa shape index (κ3) is 1.36. The van der Waals surface area contributed by atoms with Crippen molar-refractivity contribution in [2.75, 3.05) is 0 Å². The van der Waals surface area contributed by atoms with Crippen LogP contribution >= 0.6 is 0 Å². The zero-order valence-corrected chi connectivity index (χ0v) is 13.9. The van der Waals surface area contributed by atoms with Gasteiger partial charge in [0.1, 0.15) is 0 Å². The first-order valence-electron chi connectivity index (χ1n) is 8.68. The summed E-state index contributed by atoms with van der Waals surface area (Å²) in [6, 6.07) is 11.6. The Morgan fingerprint density at radius 2 is 1.28 bits per heavy atom. The quantitative estimate of drug-likeness (QED) is 0.745. The van der Waals surface area contributed by atoms with Gasteiger partial charge in [0.05, 0.1) is 10.8 Å². The van der Waals surface area contributed by atoms with Crippen molar-refractivity contribution in [1.82, 2.24) is 0 Å². The fraction of sp³-hybridized carbons (Fsp3) is 0.217. The number of ketones is 2. The lowest BCUT2D eigenvalue weighted by atomic mass is 9.49. The van der Waals surface area contributed by atoms with E-state index in [9.17, 15) is 9.59 Å². The summed E-state index contributed by atoms with van der Waals surface area (Å²) in [7, 11) is 0. The second-order valence-electron chi connectivity index (χ2n) is 7.38. The summed E-state index contributed by atoms with van der Waals surface area (Å²) < 4.78 is 0. The molecule has 2 nitrogen and oxygen atoms in total. The summed E-state index contributed by atoms with van der Waals surface area (Å²) in [6.45, 7) is 7.99. The molecule has 25 heavy (non-hydrogen) atoms. The van der Waals surface area contributed by atoms with Crippen molar-refractivity contribution in [3.63, 3.8) is 0 Å². The number of hydrogen-bond acceptors (Lipinski definition) is 2. The van der Waals surface area contributed by atoms with E-state index in [1.165, 1.54) is 0 Å². The molecule has 122 valence electrons. The van der Waals surface area contributed by atoms with Crippen LogP contribution in [0.5, 0.6) is 0 Å². The molecule has 1 saturated carbocycles. The van der Waals surface area contributed by atoms with Crippen molar-refractivity contribution in [2.24, 2.45) is 22.7 Å². The Morgan fingerprint density at radius 1 is 0.840 bits per heavy atom. The molecule has 5 rings (SSSR count). The molecule has 0 radical (unpaired) electrons. The smallest absolute Gasteiger partial charge is 0.175 e. The fourth-order valence-corrected chi connectivity index (χ4v) is 5.59. The van der Waals surface area contributed by atoms with Gasteiger partial charge in [-0.15, -0.1) is 13.2 Å². The fourth-order valence-electron chi connectivity index (χ4n) is 5.59. The Balaban J connectivity index is 1.90. The van der Waals surface area contributed by atoms with Crippen LogP contribution in [0.3, 0.4) is 0 Å². The first-order valence-corrected chi connectivity index (χ1v) is 8.68. The van der Waals surface area contributed by atoms with E-state index < -0.39 is 10.8 Å². The van der Waals surface area contributed by atoms with Crippen molar-refractivity contribution in [2.45, 2.75) is 6.42 Å². The molecular weight excluding hydrogens is 308 g/mol. The zero-order valence-electron chi connectivity index (χ0n) is 13.9. The Hall–Kier alpha value is -2.74. The highest BCUT2D eigenvalue weighted by Gasteiger charge is 2.71. The Kier molecular flexibility index (Phi) is 2.60. The molecule has 0 aromatic heterocycles. The van der Waals surface area contributed by atoms with Crippen molar-refractivity contribution < 1.29 is 9.59 Å². The average molecular weight is 326 g/mol. The van der Waals surface area contributed by atoms with Gasteiger partial charge in [-0.1, -0.05) is 48.6 Å². The van der Waals surface area contributed by atoms with E-state index in [1.54, 1.807) is 12.2 Å². The minimum absolute atomic E-state index is 0.0135. The van der Waals surface area contributed by atoms with Crippen LogP contribution in [0.15, 0.2) is 73.9 Å². The predicted molar refractivity (Wildman–Crippen MR) is 98.6 cm³/mol. The van der Waals surface area contributed by atoms with Gasteiger partial charge < -0.3 is 0 Å². The lowest BCUT2D eigenvalue weighted by Crippen LogP contribution is -2.56. The first-order chi connectivity index (χ1) is 12.1. The monoisotopic (exact) mass is 326 g/mol. The summed E-state index contributed by atoms with van der Waals surface area (Å²) in [6.07, 6.45) is 8.43. The van der Waals surface area contributed by atoms with Crippen LogP contribution in [-0.4, -0.2) is 11.6 Å². The van der Waals surface area contributed by atoms with Crippen LogP contribution in [0.1, 0.15) is 27.1 Å². The van der Waals surface area contributed by atoms with E-state index in [1.807, 2.05) is 36.4 Å². The molecule has 0 aliphatic heterocycles. The molecule has 0 heterocycles. The normalized spacial score (nSPS) is 34.9. The number of allylic oxidation sites excluding steroid dienone is 4. The molecule has 3 aliphatic carbocycles. The lowest BCUT2D eigenvalue weighted by Gasteiger charge is -2.49. The highest BCUT2D eigenvalue weighted by Crippen LogP contribution is 2.68. The van der Waals surface area contributed by atoms with Crippen molar-refractivity contribution in [3.05, 3.63) is 85.0 Å². The standard InChI is InChI=1S/C23H18O2/c1-3-22-16-9-10-17(13-16)23(22,4-2)21(25)19-12-15-8-6-5-7-14(15)11-18(19)20(22)24/h3-12,16-17H,1-2,13H2. The largest absolute Gasteiger partial charge is 0.293 e. The van der Waals surface area contributed by atoms with Crippen LogP contribution in [0.25, 0.3) is 10.8 Å². The minimum atomic E-state index is -0.902. The molecule has 0 amide bonds. The molecule has 2 bridgehead atoms. The van der Waals surface area contributed by atoms with Gasteiger partial charge in [0.2, 0.25) is 0 Å². The number of carbonyl (C=O) groups excluding carboxylic acids is 2. The molecule has 0 saturated heterocycles. The van der Waals surface area contributed by atoms with E-state index in [2.05, 4.69) is 25.3 Å². The van der Waals surface area contributed by atoms with Gasteiger partial charge >= 0.3 is 0 Å². The molecule has 4 atom stereocenters. The number of Topliss-reactive ketones (excluding diaryl/α,β-unsaturated/α-hetero) is 2. The third-order valence-corrected chi connectivity index (χ3v) is 6.71. The van der Waals surface area contributed by atoms with Crippen molar-refractivity contribution >= 4 is 22.3 Å². The summed E-state index contributed by atoms with van der Waals surface area (Å²) in [5.74, 6) is 0.0624. The molecule has 0 spiro atoms. The van der Waals surface area contributed by atoms with E-state index in [0.29, 0.717) is 11.1 Å². The summed E-state index contributed by atoms with van der Waals surface area (Å²) in [4.78, 5) is 27.4. The Morgan fingerprint density at radius 3 is 1.68 bits per heavy atom. The van der Waals surface area contributed by atoms with Gasteiger partial charge in [-0.3, -0.25) is 9.59 Å². The lowest BCUT2D eigenvalue weighted by molar-refractivity contribution is 0.0465. The van der Waals surface area contributed by atoms with Crippen LogP contribution in [0, 0.1) is 22.7 Å². The number of fused-ring (bicyclic) bond motifs is 7. The van der Waals surface area contributed by atoms with Crippen molar-refractivity contribution in [3.8, 4) is 0 Å². The number of hydrogen-bond donors (Lipinski definition) is 0. The van der Waals surface area contributed by atoms with E-state index in [-0.39, 0.29) is 23.4 Å². The molecule has 2 aromatic rings. The molecule has 3 aliphatic rings. The SMILES string of the molecule is C=CC12C(=O)c3cc4ccccc4cc3C(=O)C1(C=C)C1C=CC2C1. The van der Waals surface area contributed by atoms with Gasteiger partial charge in [0, 0.05) is 11.1 Å². The van der Waals surface area contributed by atoms with Crippen LogP contribution < -0.4 is 0 Å². The number of rotatable bonds is 2. The molecule has 2 heteroatoms. The van der Waals surface area contributed by atoms with Gasteiger partial charge in [0.15, 0.2) is 11.6 Å². The number of carbonyl (C=O) groups is 2. The van der Waals surface area contributed by atoms with Crippen molar-refractivity contribution in [1.29, 1.82) is 0 Å². The molecule has 2 aromatic carbocycles. The van der Waals surface area contributed by atoms with Crippen LogP contribution in [0.4, 0.5) is 0 Å². The van der Waals surface area contributed by atoms with Gasteiger partial charge in [-0.05, 0) is 41.2 Å². The maximum atomic E-state index is 13.7. The highest BCUT2D eigenvalue weighted by atomic mass is 16.1. The molecular formula is C23H18O2. The summed E-state index contributed by atoms with van der Waals surface area (Å²) in [5, 5.41) is 1.96. The van der Waals surface area contributed by atoms with Gasteiger partial charge in [-0.25, -0.2) is 0 Å². The van der Waals surface area contributed by atoms with Crippen LogP contribution in [-0.2, 0) is 0 Å². The summed E-state index contributed by atoms with van der Waals surface area (Å²) >= 11 is 0. The van der Waals surface area contributed by atoms with Gasteiger partial charge in [-0.2, -0.15) is 0 Å². The minimum Gasteiger partial charge on any atom is -0.293 e.